The standard InChI is InChI=1S/C15H32N2O2/c1-9-17(12(4)5)13(6)10-15(7,14(18)19-8)16-11(2)3/h11-13,16H,9-10H2,1-8H3. The van der Waals surface area contributed by atoms with Crippen LogP contribution >= 0.6 is 0 Å². The molecule has 19 heavy (non-hydrogen) atoms. The molecule has 0 amide bonds. The summed E-state index contributed by atoms with van der Waals surface area (Å²) < 4.78 is 4.97. The smallest absolute Gasteiger partial charge is 0.325 e. The van der Waals surface area contributed by atoms with Gasteiger partial charge in [0.1, 0.15) is 5.54 Å². The molecule has 2 atom stereocenters. The van der Waals surface area contributed by atoms with Gasteiger partial charge in [0.15, 0.2) is 0 Å². The molecule has 0 aromatic carbocycles. The minimum Gasteiger partial charge on any atom is -0.468 e. The second kappa shape index (κ2) is 7.85. The second-order valence-electron chi connectivity index (χ2n) is 6.10. The Kier molecular flexibility index (Phi) is 7.60. The van der Waals surface area contributed by atoms with Crippen molar-refractivity contribution < 1.29 is 9.53 Å². The topological polar surface area (TPSA) is 41.6 Å². The molecule has 4 heteroatoms. The van der Waals surface area contributed by atoms with Crippen molar-refractivity contribution >= 4 is 5.97 Å². The number of nitrogens with zero attached hydrogens (tertiary/aromatic N) is 1. The normalized spacial score (nSPS) is 16.8. The first-order valence-corrected chi connectivity index (χ1v) is 7.29. The monoisotopic (exact) mass is 272 g/mol. The number of esters is 1. The van der Waals surface area contributed by atoms with E-state index in [2.05, 4.69) is 37.9 Å². The number of hydrogen-bond acceptors (Lipinski definition) is 4. The quantitative estimate of drug-likeness (QED) is 0.689. The molecule has 0 saturated carbocycles. The number of nitrogens with one attached hydrogen (secondary N) is 1. The van der Waals surface area contributed by atoms with Gasteiger partial charge in [-0.3, -0.25) is 15.0 Å². The van der Waals surface area contributed by atoms with Crippen molar-refractivity contribution in [3.63, 3.8) is 0 Å². The summed E-state index contributed by atoms with van der Waals surface area (Å²) in [7, 11) is 1.45. The highest BCUT2D eigenvalue weighted by molar-refractivity contribution is 5.80. The Labute approximate surface area is 118 Å². The molecule has 0 fully saturated rings. The first-order valence-electron chi connectivity index (χ1n) is 7.29. The molecule has 0 bridgehead atoms. The van der Waals surface area contributed by atoms with Gasteiger partial charge in [-0.15, -0.1) is 0 Å². The minimum atomic E-state index is -0.634. The average Bonchev–Trinajstić information content (AvgIpc) is 2.26. The number of carbonyl (C=O) groups excluding carboxylic acids is 1. The lowest BCUT2D eigenvalue weighted by Gasteiger charge is -2.38. The fourth-order valence-corrected chi connectivity index (χ4v) is 2.96. The fraction of sp³-hybridized carbons (Fsp3) is 0.933. The third kappa shape index (κ3) is 5.49. The van der Waals surface area contributed by atoms with E-state index in [1.807, 2.05) is 20.8 Å². The van der Waals surface area contributed by atoms with Crippen LogP contribution in [-0.2, 0) is 9.53 Å². The highest BCUT2D eigenvalue weighted by atomic mass is 16.5. The third-order valence-electron chi connectivity index (χ3n) is 3.54. The highest BCUT2D eigenvalue weighted by Gasteiger charge is 2.37. The van der Waals surface area contributed by atoms with E-state index < -0.39 is 5.54 Å². The largest absolute Gasteiger partial charge is 0.468 e. The second-order valence-corrected chi connectivity index (χ2v) is 6.10. The van der Waals surface area contributed by atoms with Crippen LogP contribution in [-0.4, -0.2) is 48.2 Å². The van der Waals surface area contributed by atoms with Crippen molar-refractivity contribution in [3.8, 4) is 0 Å². The van der Waals surface area contributed by atoms with E-state index in [9.17, 15) is 4.79 Å². The maximum Gasteiger partial charge on any atom is 0.325 e. The molecule has 0 saturated heterocycles. The van der Waals surface area contributed by atoms with Crippen molar-refractivity contribution in [2.75, 3.05) is 13.7 Å². The van der Waals surface area contributed by atoms with Crippen molar-refractivity contribution in [1.82, 2.24) is 10.2 Å². The molecule has 0 aliphatic carbocycles. The van der Waals surface area contributed by atoms with Crippen LogP contribution < -0.4 is 5.32 Å². The summed E-state index contributed by atoms with van der Waals surface area (Å²) >= 11 is 0. The van der Waals surface area contributed by atoms with E-state index in [1.165, 1.54) is 7.11 Å². The zero-order chi connectivity index (χ0) is 15.2. The Morgan fingerprint density at radius 2 is 1.79 bits per heavy atom. The molecule has 114 valence electrons. The first-order chi connectivity index (χ1) is 8.67. The van der Waals surface area contributed by atoms with Gasteiger partial charge in [-0.25, -0.2) is 0 Å². The minimum absolute atomic E-state index is 0.187. The Morgan fingerprint density at radius 1 is 1.26 bits per heavy atom. The van der Waals surface area contributed by atoms with Gasteiger partial charge >= 0.3 is 5.97 Å². The lowest BCUT2D eigenvalue weighted by molar-refractivity contribution is -0.149. The van der Waals surface area contributed by atoms with E-state index in [1.54, 1.807) is 0 Å². The molecular weight excluding hydrogens is 240 g/mol. The van der Waals surface area contributed by atoms with Crippen LogP contribution in [0, 0.1) is 0 Å². The predicted molar refractivity (Wildman–Crippen MR) is 80.3 cm³/mol. The van der Waals surface area contributed by atoms with Crippen LogP contribution in [0.4, 0.5) is 0 Å². The Morgan fingerprint density at radius 3 is 2.11 bits per heavy atom. The van der Waals surface area contributed by atoms with Crippen LogP contribution in [0.1, 0.15) is 54.9 Å². The molecule has 0 rings (SSSR count). The molecule has 4 nitrogen and oxygen atoms in total. The van der Waals surface area contributed by atoms with Crippen molar-refractivity contribution in [1.29, 1.82) is 0 Å². The summed E-state index contributed by atoms with van der Waals surface area (Å²) in [6.07, 6.45) is 0.740. The van der Waals surface area contributed by atoms with Crippen molar-refractivity contribution in [2.24, 2.45) is 0 Å². The number of rotatable bonds is 8. The van der Waals surface area contributed by atoms with Crippen molar-refractivity contribution in [3.05, 3.63) is 0 Å². The predicted octanol–water partition coefficient (Wildman–Crippen LogP) is 2.43. The van der Waals surface area contributed by atoms with Gasteiger partial charge in [-0.1, -0.05) is 6.92 Å². The van der Waals surface area contributed by atoms with Gasteiger partial charge in [-0.2, -0.15) is 0 Å². The van der Waals surface area contributed by atoms with Crippen LogP contribution in [0.2, 0.25) is 0 Å². The van der Waals surface area contributed by atoms with E-state index in [0.29, 0.717) is 12.1 Å². The van der Waals surface area contributed by atoms with Crippen LogP contribution in [0.5, 0.6) is 0 Å². The number of ether oxygens (including phenoxy) is 1. The molecule has 0 radical (unpaired) electrons. The summed E-state index contributed by atoms with van der Waals surface area (Å²) in [5, 5.41) is 3.35. The van der Waals surface area contributed by atoms with Gasteiger partial charge in [0.05, 0.1) is 7.11 Å². The van der Waals surface area contributed by atoms with Crippen LogP contribution in [0.3, 0.4) is 0 Å². The van der Waals surface area contributed by atoms with Gasteiger partial charge in [0.2, 0.25) is 0 Å². The number of carbonyl (C=O) groups is 1. The highest BCUT2D eigenvalue weighted by Crippen LogP contribution is 2.20. The van der Waals surface area contributed by atoms with Gasteiger partial charge < -0.3 is 4.74 Å². The molecule has 0 spiro atoms. The molecule has 0 aromatic rings. The van der Waals surface area contributed by atoms with Gasteiger partial charge in [0, 0.05) is 18.1 Å². The summed E-state index contributed by atoms with van der Waals surface area (Å²) in [4.78, 5) is 14.5. The van der Waals surface area contributed by atoms with Crippen LogP contribution in [0.25, 0.3) is 0 Å². The van der Waals surface area contributed by atoms with Gasteiger partial charge in [0.25, 0.3) is 0 Å². The lowest BCUT2D eigenvalue weighted by atomic mass is 9.91. The number of hydrogen-bond donors (Lipinski definition) is 1. The molecule has 1 N–H and O–H groups in total. The van der Waals surface area contributed by atoms with Crippen molar-refractivity contribution in [2.45, 2.75) is 78.6 Å². The average molecular weight is 272 g/mol. The fourth-order valence-electron chi connectivity index (χ4n) is 2.96. The Bertz CT molecular complexity index is 279. The summed E-state index contributed by atoms with van der Waals surface area (Å²) in [5.41, 5.74) is -0.634. The Balaban J connectivity index is 4.95. The first kappa shape index (κ1) is 18.4. The molecule has 2 unspecified atom stereocenters. The SMILES string of the molecule is CCN(C(C)C)C(C)CC(C)(NC(C)C)C(=O)OC. The molecule has 0 aromatic heterocycles. The third-order valence-corrected chi connectivity index (χ3v) is 3.54. The zero-order valence-corrected chi connectivity index (χ0v) is 13.9. The number of methoxy groups -OCH3 is 1. The molecule has 0 aliphatic heterocycles. The van der Waals surface area contributed by atoms with E-state index in [4.69, 9.17) is 4.74 Å². The maximum atomic E-state index is 12.1. The van der Waals surface area contributed by atoms with Crippen LogP contribution in [0.15, 0.2) is 0 Å². The Hall–Kier alpha value is -0.610. The van der Waals surface area contributed by atoms with E-state index in [-0.39, 0.29) is 12.0 Å². The lowest BCUT2D eigenvalue weighted by Crippen LogP contribution is -2.56. The van der Waals surface area contributed by atoms with Gasteiger partial charge in [-0.05, 0) is 54.5 Å². The summed E-state index contributed by atoms with van der Waals surface area (Å²) in [6, 6.07) is 1.03. The molecular formula is C15H32N2O2. The maximum absolute atomic E-state index is 12.1. The summed E-state index contributed by atoms with van der Waals surface area (Å²) in [6.45, 7) is 15.7. The summed E-state index contributed by atoms with van der Waals surface area (Å²) in [5.74, 6) is -0.187. The van der Waals surface area contributed by atoms with E-state index in [0.717, 1.165) is 13.0 Å². The zero-order valence-electron chi connectivity index (χ0n) is 13.9. The molecule has 0 aliphatic rings. The van der Waals surface area contributed by atoms with E-state index >= 15 is 0 Å². The molecule has 0 heterocycles.